The van der Waals surface area contributed by atoms with Crippen molar-refractivity contribution in [2.24, 2.45) is 0 Å². The van der Waals surface area contributed by atoms with Crippen LogP contribution in [0, 0.1) is 6.92 Å². The molecular weight excluding hydrogens is 306 g/mol. The van der Waals surface area contributed by atoms with Gasteiger partial charge in [0.15, 0.2) is 0 Å². The van der Waals surface area contributed by atoms with Gasteiger partial charge in [-0.05, 0) is 38.3 Å². The zero-order valence-electron chi connectivity index (χ0n) is 14.5. The molecular formula is C17H25N5O2. The Morgan fingerprint density at radius 3 is 3.00 bits per heavy atom. The van der Waals surface area contributed by atoms with Crippen LogP contribution in [-0.2, 0) is 4.79 Å². The fraction of sp³-hybridized carbons (Fsp3) is 0.588. The van der Waals surface area contributed by atoms with E-state index in [1.165, 1.54) is 0 Å². The summed E-state index contributed by atoms with van der Waals surface area (Å²) in [6.07, 6.45) is 2.19. The zero-order valence-corrected chi connectivity index (χ0v) is 14.5. The van der Waals surface area contributed by atoms with Gasteiger partial charge in [-0.3, -0.25) is 20.1 Å². The monoisotopic (exact) mass is 331 g/mol. The lowest BCUT2D eigenvalue weighted by Gasteiger charge is -2.31. The number of piperidine rings is 1. The number of aryl methyl sites for hydroxylation is 1. The number of hydrogen-bond donors (Lipinski definition) is 2. The Balaban J connectivity index is 1.53. The molecule has 1 fully saturated rings. The molecule has 24 heavy (non-hydrogen) atoms. The number of aromatic amines is 1. The van der Waals surface area contributed by atoms with Gasteiger partial charge in [-0.1, -0.05) is 19.0 Å². The summed E-state index contributed by atoms with van der Waals surface area (Å²) in [6.45, 7) is 8.22. The number of aromatic nitrogens is 3. The van der Waals surface area contributed by atoms with Gasteiger partial charge in [0.25, 0.3) is 0 Å². The molecule has 7 heteroatoms. The van der Waals surface area contributed by atoms with Crippen LogP contribution in [0.25, 0.3) is 0 Å². The van der Waals surface area contributed by atoms with Gasteiger partial charge in [0, 0.05) is 24.2 Å². The first-order chi connectivity index (χ1) is 11.5. The summed E-state index contributed by atoms with van der Waals surface area (Å²) >= 11 is 0. The molecule has 2 aromatic rings. The highest BCUT2D eigenvalue weighted by Crippen LogP contribution is 2.25. The predicted molar refractivity (Wildman–Crippen MR) is 91.0 cm³/mol. The maximum atomic E-state index is 12.2. The minimum absolute atomic E-state index is 0.0692. The Bertz CT molecular complexity index is 691. The van der Waals surface area contributed by atoms with Gasteiger partial charge in [0.2, 0.25) is 11.8 Å². The standard InChI is InChI=1S/C17H25N5O2/c1-11(2)14-8-17(24-21-14)18-16(23)10-22-6-4-5-13(9-22)15-7-12(3)19-20-15/h7-8,11,13H,4-6,9-10H2,1-3H3,(H,18,23)(H,19,20)/t13-/m1/s1. The first-order valence-electron chi connectivity index (χ1n) is 8.52. The van der Waals surface area contributed by atoms with Crippen molar-refractivity contribution >= 4 is 11.8 Å². The Morgan fingerprint density at radius 1 is 1.50 bits per heavy atom. The molecule has 1 saturated heterocycles. The number of amides is 1. The second-order valence-corrected chi connectivity index (χ2v) is 6.87. The number of nitrogens with zero attached hydrogens (tertiary/aromatic N) is 3. The summed E-state index contributed by atoms with van der Waals surface area (Å²) in [5.74, 6) is 1.01. The Kier molecular flexibility index (Phi) is 4.99. The quantitative estimate of drug-likeness (QED) is 0.879. The highest BCUT2D eigenvalue weighted by molar-refractivity contribution is 5.91. The molecule has 7 nitrogen and oxygen atoms in total. The maximum absolute atomic E-state index is 12.2. The molecule has 0 aliphatic carbocycles. The lowest BCUT2D eigenvalue weighted by Crippen LogP contribution is -2.39. The van der Waals surface area contributed by atoms with Crippen LogP contribution in [0.5, 0.6) is 0 Å². The molecule has 2 aromatic heterocycles. The number of rotatable bonds is 5. The summed E-state index contributed by atoms with van der Waals surface area (Å²) in [4.78, 5) is 14.4. The SMILES string of the molecule is Cc1cc([C@@H]2CCCN(CC(=O)Nc3cc(C(C)C)no3)C2)n[nH]1. The van der Waals surface area contributed by atoms with E-state index in [0.29, 0.717) is 18.3 Å². The minimum atomic E-state index is -0.0692. The van der Waals surface area contributed by atoms with Crippen LogP contribution in [0.4, 0.5) is 5.88 Å². The number of carbonyl (C=O) groups excluding carboxylic acids is 1. The Hall–Kier alpha value is -2.15. The van der Waals surface area contributed by atoms with Crippen molar-refractivity contribution in [3.63, 3.8) is 0 Å². The molecule has 3 heterocycles. The lowest BCUT2D eigenvalue weighted by molar-refractivity contribution is -0.117. The van der Waals surface area contributed by atoms with Crippen molar-refractivity contribution in [1.82, 2.24) is 20.3 Å². The molecule has 1 amide bonds. The van der Waals surface area contributed by atoms with Gasteiger partial charge in [-0.25, -0.2) is 0 Å². The topological polar surface area (TPSA) is 87.1 Å². The fourth-order valence-corrected chi connectivity index (χ4v) is 3.09. The molecule has 3 rings (SSSR count). The zero-order chi connectivity index (χ0) is 17.1. The Morgan fingerprint density at radius 2 is 2.33 bits per heavy atom. The van der Waals surface area contributed by atoms with Gasteiger partial charge in [0.1, 0.15) is 0 Å². The molecule has 1 aliphatic rings. The van der Waals surface area contributed by atoms with E-state index in [0.717, 1.165) is 43.0 Å². The van der Waals surface area contributed by atoms with Gasteiger partial charge < -0.3 is 4.52 Å². The number of carbonyl (C=O) groups is 1. The van der Waals surface area contributed by atoms with Crippen molar-refractivity contribution in [3.8, 4) is 0 Å². The number of hydrogen-bond acceptors (Lipinski definition) is 5. The van der Waals surface area contributed by atoms with E-state index < -0.39 is 0 Å². The first-order valence-corrected chi connectivity index (χ1v) is 8.52. The van der Waals surface area contributed by atoms with Crippen LogP contribution in [0.3, 0.4) is 0 Å². The van der Waals surface area contributed by atoms with Crippen LogP contribution in [-0.4, -0.2) is 45.8 Å². The fourth-order valence-electron chi connectivity index (χ4n) is 3.09. The van der Waals surface area contributed by atoms with E-state index in [9.17, 15) is 4.79 Å². The van der Waals surface area contributed by atoms with Crippen LogP contribution in [0.1, 0.15) is 55.6 Å². The Labute approximate surface area is 141 Å². The molecule has 0 bridgehead atoms. The average Bonchev–Trinajstić information content (AvgIpc) is 3.16. The van der Waals surface area contributed by atoms with E-state index in [2.05, 4.69) is 31.6 Å². The van der Waals surface area contributed by atoms with E-state index in [4.69, 9.17) is 4.52 Å². The molecule has 0 unspecified atom stereocenters. The second kappa shape index (κ2) is 7.17. The largest absolute Gasteiger partial charge is 0.338 e. The van der Waals surface area contributed by atoms with Gasteiger partial charge in [-0.15, -0.1) is 0 Å². The summed E-state index contributed by atoms with van der Waals surface area (Å²) in [5, 5.41) is 14.1. The average molecular weight is 331 g/mol. The highest BCUT2D eigenvalue weighted by atomic mass is 16.5. The normalized spacial score (nSPS) is 18.9. The minimum Gasteiger partial charge on any atom is -0.338 e. The molecule has 0 aromatic carbocycles. The molecule has 0 saturated carbocycles. The van der Waals surface area contributed by atoms with E-state index in [1.54, 1.807) is 6.07 Å². The van der Waals surface area contributed by atoms with E-state index >= 15 is 0 Å². The van der Waals surface area contributed by atoms with Gasteiger partial charge in [0.05, 0.1) is 17.9 Å². The molecule has 1 aliphatic heterocycles. The molecule has 130 valence electrons. The summed E-state index contributed by atoms with van der Waals surface area (Å²) in [6, 6.07) is 3.88. The van der Waals surface area contributed by atoms with Crippen LogP contribution in [0.2, 0.25) is 0 Å². The summed E-state index contributed by atoms with van der Waals surface area (Å²) in [7, 11) is 0. The second-order valence-electron chi connectivity index (χ2n) is 6.87. The first kappa shape index (κ1) is 16.7. The number of anilines is 1. The number of likely N-dealkylation sites (tertiary alicyclic amines) is 1. The van der Waals surface area contributed by atoms with Crippen molar-refractivity contribution in [3.05, 3.63) is 29.2 Å². The predicted octanol–water partition coefficient (Wildman–Crippen LogP) is 2.65. The number of nitrogens with one attached hydrogen (secondary N) is 2. The highest BCUT2D eigenvalue weighted by Gasteiger charge is 2.24. The smallest absolute Gasteiger partial charge is 0.240 e. The summed E-state index contributed by atoms with van der Waals surface area (Å²) < 4.78 is 5.16. The van der Waals surface area contributed by atoms with E-state index in [-0.39, 0.29) is 11.8 Å². The van der Waals surface area contributed by atoms with Crippen LogP contribution < -0.4 is 5.32 Å². The van der Waals surface area contributed by atoms with Crippen molar-refractivity contribution in [2.45, 2.75) is 45.4 Å². The third kappa shape index (κ3) is 4.03. The summed E-state index contributed by atoms with van der Waals surface area (Å²) in [5.41, 5.74) is 3.01. The lowest BCUT2D eigenvalue weighted by atomic mass is 9.94. The maximum Gasteiger partial charge on any atom is 0.240 e. The third-order valence-electron chi connectivity index (χ3n) is 4.40. The number of H-pyrrole nitrogens is 1. The third-order valence-corrected chi connectivity index (χ3v) is 4.40. The van der Waals surface area contributed by atoms with Crippen LogP contribution >= 0.6 is 0 Å². The van der Waals surface area contributed by atoms with E-state index in [1.807, 2.05) is 20.8 Å². The molecule has 1 atom stereocenters. The van der Waals surface area contributed by atoms with Crippen LogP contribution in [0.15, 0.2) is 16.7 Å². The van der Waals surface area contributed by atoms with Crippen molar-refractivity contribution in [1.29, 1.82) is 0 Å². The molecule has 0 spiro atoms. The van der Waals surface area contributed by atoms with Crippen molar-refractivity contribution < 1.29 is 9.32 Å². The van der Waals surface area contributed by atoms with Gasteiger partial charge in [-0.2, -0.15) is 5.10 Å². The molecule has 2 N–H and O–H groups in total. The van der Waals surface area contributed by atoms with Crippen molar-refractivity contribution in [2.75, 3.05) is 25.0 Å². The van der Waals surface area contributed by atoms with Gasteiger partial charge >= 0.3 is 0 Å². The molecule has 0 radical (unpaired) electrons.